The van der Waals surface area contributed by atoms with Crippen LogP contribution in [-0.4, -0.2) is 30.5 Å². The third kappa shape index (κ3) is 2.67. The van der Waals surface area contributed by atoms with Crippen molar-refractivity contribution in [2.24, 2.45) is 11.8 Å². The molecule has 1 heterocycles. The zero-order valence-corrected chi connectivity index (χ0v) is 7.22. The molecule has 0 bridgehead atoms. The van der Waals surface area contributed by atoms with Crippen LogP contribution in [0.25, 0.3) is 0 Å². The van der Waals surface area contributed by atoms with Crippen molar-refractivity contribution in [1.29, 1.82) is 0 Å². The lowest BCUT2D eigenvalue weighted by molar-refractivity contribution is 0.171. The van der Waals surface area contributed by atoms with Gasteiger partial charge in [-0.15, -0.1) is 0 Å². The Balaban J connectivity index is 0.000000810. The Kier molecular flexibility index (Phi) is 3.91. The fraction of sp³-hybridized carbons (Fsp3) is 1.00. The van der Waals surface area contributed by atoms with E-state index in [0.29, 0.717) is 0 Å². The summed E-state index contributed by atoms with van der Waals surface area (Å²) in [6.45, 7) is 7.27. The Morgan fingerprint density at radius 3 is 1.80 bits per heavy atom. The van der Waals surface area contributed by atoms with Crippen molar-refractivity contribution in [3.05, 3.63) is 0 Å². The van der Waals surface area contributed by atoms with E-state index in [1.54, 1.807) is 0 Å². The third-order valence-electron chi connectivity index (χ3n) is 2.05. The lowest BCUT2D eigenvalue weighted by atomic mass is 9.92. The average Bonchev–Trinajstić information content (AvgIpc) is 1.59. The van der Waals surface area contributed by atoms with Crippen LogP contribution in [0, 0.1) is 11.8 Å². The minimum atomic E-state index is 0. The number of hydrogen-bond donors (Lipinski definition) is 0. The molecule has 0 aromatic carbocycles. The first-order chi connectivity index (χ1) is 4.18. The molecule has 62 valence electrons. The molecule has 1 aliphatic heterocycles. The van der Waals surface area contributed by atoms with Crippen molar-refractivity contribution in [3.63, 3.8) is 0 Å². The highest BCUT2D eigenvalue weighted by Crippen LogP contribution is 2.18. The summed E-state index contributed by atoms with van der Waals surface area (Å²) >= 11 is 0. The highest BCUT2D eigenvalue weighted by Gasteiger charge is 2.17. The topological polar surface area (TPSA) is 34.7 Å². The second-order valence-electron chi connectivity index (χ2n) is 3.67. The molecule has 0 radical (unpaired) electrons. The Hall–Kier alpha value is -0.0800. The van der Waals surface area contributed by atoms with Gasteiger partial charge in [-0.05, 0) is 25.3 Å². The molecule has 1 saturated heterocycles. The van der Waals surface area contributed by atoms with Gasteiger partial charge in [0.2, 0.25) is 0 Å². The van der Waals surface area contributed by atoms with Gasteiger partial charge < -0.3 is 10.4 Å². The van der Waals surface area contributed by atoms with Crippen LogP contribution >= 0.6 is 0 Å². The van der Waals surface area contributed by atoms with Gasteiger partial charge in [0.1, 0.15) is 0 Å². The van der Waals surface area contributed by atoms with E-state index in [1.165, 1.54) is 19.5 Å². The van der Waals surface area contributed by atoms with Gasteiger partial charge >= 0.3 is 0 Å². The molecule has 0 aromatic rings. The molecule has 0 aliphatic carbocycles. The van der Waals surface area contributed by atoms with E-state index in [1.807, 2.05) is 0 Å². The summed E-state index contributed by atoms with van der Waals surface area (Å²) in [6, 6.07) is 0. The van der Waals surface area contributed by atoms with E-state index < -0.39 is 0 Å². The second-order valence-corrected chi connectivity index (χ2v) is 3.67. The van der Waals surface area contributed by atoms with Gasteiger partial charge in [-0.3, -0.25) is 0 Å². The van der Waals surface area contributed by atoms with Crippen molar-refractivity contribution in [2.75, 3.05) is 20.1 Å². The van der Waals surface area contributed by atoms with E-state index in [9.17, 15) is 0 Å². The third-order valence-corrected chi connectivity index (χ3v) is 2.05. The molecule has 2 unspecified atom stereocenters. The van der Waals surface area contributed by atoms with Crippen LogP contribution in [0.4, 0.5) is 0 Å². The fourth-order valence-electron chi connectivity index (χ4n) is 1.97. The van der Waals surface area contributed by atoms with Crippen molar-refractivity contribution in [1.82, 2.24) is 4.90 Å². The van der Waals surface area contributed by atoms with Gasteiger partial charge in [-0.1, -0.05) is 13.8 Å². The average molecular weight is 145 g/mol. The minimum Gasteiger partial charge on any atom is -0.412 e. The summed E-state index contributed by atoms with van der Waals surface area (Å²) in [5.74, 6) is 1.83. The maximum Gasteiger partial charge on any atom is 0.000419 e. The number of piperidine rings is 1. The van der Waals surface area contributed by atoms with Gasteiger partial charge in [-0.2, -0.15) is 0 Å². The van der Waals surface area contributed by atoms with Crippen LogP contribution in [0.3, 0.4) is 0 Å². The highest BCUT2D eigenvalue weighted by atomic mass is 16.0. The first kappa shape index (κ1) is 9.92. The predicted molar refractivity (Wildman–Crippen MR) is 44.1 cm³/mol. The van der Waals surface area contributed by atoms with E-state index in [2.05, 4.69) is 25.8 Å². The molecule has 2 nitrogen and oxygen atoms in total. The largest absolute Gasteiger partial charge is 0.412 e. The molecule has 1 rings (SSSR count). The normalized spacial score (nSPS) is 35.1. The standard InChI is InChI=1S/C8H17N.H2O/c1-7-4-8(2)6-9(3)5-7;/h7-8H,4-6H2,1-3H3;1H2. The lowest BCUT2D eigenvalue weighted by Crippen LogP contribution is -2.35. The molecule has 2 atom stereocenters. The summed E-state index contributed by atoms with van der Waals surface area (Å²) in [5, 5.41) is 0. The Bertz CT molecular complexity index is 70.2. The van der Waals surface area contributed by atoms with Crippen molar-refractivity contribution >= 4 is 0 Å². The zero-order chi connectivity index (χ0) is 6.85. The molecular formula is C8H19NO. The predicted octanol–water partition coefficient (Wildman–Crippen LogP) is 0.769. The number of likely N-dealkylation sites (tertiary alicyclic amines) is 1. The first-order valence-electron chi connectivity index (χ1n) is 3.87. The molecule has 0 amide bonds. The van der Waals surface area contributed by atoms with E-state index >= 15 is 0 Å². The number of hydrogen-bond acceptors (Lipinski definition) is 1. The summed E-state index contributed by atoms with van der Waals surface area (Å²) in [5.41, 5.74) is 0. The monoisotopic (exact) mass is 145 g/mol. The van der Waals surface area contributed by atoms with Crippen molar-refractivity contribution in [3.8, 4) is 0 Å². The molecule has 1 aliphatic rings. The molecule has 2 N–H and O–H groups in total. The van der Waals surface area contributed by atoms with Crippen molar-refractivity contribution in [2.45, 2.75) is 20.3 Å². The highest BCUT2D eigenvalue weighted by molar-refractivity contribution is 4.71. The molecule has 1 fully saturated rings. The Labute approximate surface area is 63.5 Å². The van der Waals surface area contributed by atoms with Gasteiger partial charge in [0, 0.05) is 13.1 Å². The zero-order valence-electron chi connectivity index (χ0n) is 7.22. The summed E-state index contributed by atoms with van der Waals surface area (Å²) in [4.78, 5) is 2.43. The lowest BCUT2D eigenvalue weighted by Gasteiger charge is -2.31. The quantitative estimate of drug-likeness (QED) is 0.496. The maximum atomic E-state index is 2.43. The van der Waals surface area contributed by atoms with Gasteiger partial charge in [0.15, 0.2) is 0 Å². The molecular weight excluding hydrogens is 126 g/mol. The SMILES string of the molecule is CC1CC(C)CN(C)C1.O. The van der Waals surface area contributed by atoms with E-state index in [-0.39, 0.29) is 5.48 Å². The molecule has 0 aromatic heterocycles. The van der Waals surface area contributed by atoms with E-state index in [4.69, 9.17) is 0 Å². The second kappa shape index (κ2) is 3.94. The molecule has 0 saturated carbocycles. The summed E-state index contributed by atoms with van der Waals surface area (Å²) in [7, 11) is 2.21. The van der Waals surface area contributed by atoms with Crippen LogP contribution in [-0.2, 0) is 0 Å². The van der Waals surface area contributed by atoms with Crippen molar-refractivity contribution < 1.29 is 5.48 Å². The van der Waals surface area contributed by atoms with Crippen LogP contribution < -0.4 is 0 Å². The Morgan fingerprint density at radius 1 is 1.10 bits per heavy atom. The van der Waals surface area contributed by atoms with Gasteiger partial charge in [-0.25, -0.2) is 0 Å². The molecule has 0 spiro atoms. The van der Waals surface area contributed by atoms with Crippen LogP contribution in [0.5, 0.6) is 0 Å². The molecule has 2 heteroatoms. The number of rotatable bonds is 0. The maximum absolute atomic E-state index is 2.43. The minimum absolute atomic E-state index is 0. The smallest absolute Gasteiger partial charge is 0.000419 e. The first-order valence-corrected chi connectivity index (χ1v) is 3.87. The fourth-order valence-corrected chi connectivity index (χ4v) is 1.97. The Morgan fingerprint density at radius 2 is 1.50 bits per heavy atom. The summed E-state index contributed by atoms with van der Waals surface area (Å²) < 4.78 is 0. The molecule has 10 heavy (non-hydrogen) atoms. The van der Waals surface area contributed by atoms with E-state index in [0.717, 1.165) is 11.8 Å². The van der Waals surface area contributed by atoms with Crippen LogP contribution in [0.15, 0.2) is 0 Å². The van der Waals surface area contributed by atoms with Crippen LogP contribution in [0.2, 0.25) is 0 Å². The summed E-state index contributed by atoms with van der Waals surface area (Å²) in [6.07, 6.45) is 1.42. The van der Waals surface area contributed by atoms with Crippen LogP contribution in [0.1, 0.15) is 20.3 Å². The van der Waals surface area contributed by atoms with Gasteiger partial charge in [0.25, 0.3) is 0 Å². The number of nitrogens with zero attached hydrogens (tertiary/aromatic N) is 1. The van der Waals surface area contributed by atoms with Gasteiger partial charge in [0.05, 0.1) is 0 Å².